The van der Waals surface area contributed by atoms with Crippen LogP contribution in [0.5, 0.6) is 0 Å². The number of benzene rings is 6. The molecule has 0 spiro atoms. The highest BCUT2D eigenvalue weighted by Gasteiger charge is 2.16. The molecule has 0 saturated carbocycles. The molecule has 0 aromatic heterocycles. The van der Waals surface area contributed by atoms with E-state index in [0.717, 1.165) is 15.6 Å². The van der Waals surface area contributed by atoms with Gasteiger partial charge in [-0.25, -0.2) is 4.79 Å². The minimum absolute atomic E-state index is 0.341. The lowest BCUT2D eigenvalue weighted by Gasteiger charge is -2.15. The summed E-state index contributed by atoms with van der Waals surface area (Å²) in [4.78, 5) is 12.5. The van der Waals surface area contributed by atoms with Gasteiger partial charge in [-0.3, -0.25) is 0 Å². The molecule has 158 valence electrons. The number of halogens is 1. The first-order chi connectivity index (χ1) is 16.2. The number of methoxy groups -OCH3 is 1. The van der Waals surface area contributed by atoms with Gasteiger partial charge in [-0.2, -0.15) is 0 Å². The summed E-state index contributed by atoms with van der Waals surface area (Å²) in [6.07, 6.45) is 0. The van der Waals surface area contributed by atoms with Crippen LogP contribution in [0.25, 0.3) is 54.2 Å². The van der Waals surface area contributed by atoms with Crippen molar-refractivity contribution in [1.82, 2.24) is 0 Å². The maximum Gasteiger partial charge on any atom is 0.338 e. The lowest BCUT2D eigenvalue weighted by molar-refractivity contribution is 0.0601. The van der Waals surface area contributed by atoms with Crippen LogP contribution in [-0.2, 0) is 4.74 Å². The fraction of sp³-hybridized carbons (Fsp3) is 0.0333. The van der Waals surface area contributed by atoms with Crippen molar-refractivity contribution in [3.63, 3.8) is 0 Å². The first-order valence-electron chi connectivity index (χ1n) is 10.8. The minimum Gasteiger partial charge on any atom is -0.465 e. The Kier molecular flexibility index (Phi) is 4.67. The molecular weight excluding hydrogens is 472 g/mol. The van der Waals surface area contributed by atoms with Crippen LogP contribution in [0.3, 0.4) is 0 Å². The Balaban J connectivity index is 1.77. The molecule has 0 radical (unpaired) electrons. The van der Waals surface area contributed by atoms with Gasteiger partial charge in [0.15, 0.2) is 0 Å². The van der Waals surface area contributed by atoms with E-state index in [0.29, 0.717) is 5.56 Å². The lowest BCUT2D eigenvalue weighted by atomic mass is 9.89. The molecular formula is C30H19BrO2. The maximum atomic E-state index is 12.5. The van der Waals surface area contributed by atoms with Crippen LogP contribution in [0, 0.1) is 0 Å². The van der Waals surface area contributed by atoms with E-state index >= 15 is 0 Å². The molecule has 0 aliphatic rings. The molecule has 0 aliphatic carbocycles. The van der Waals surface area contributed by atoms with Crippen molar-refractivity contribution in [3.8, 4) is 11.1 Å². The number of carbonyl (C=O) groups is 1. The fourth-order valence-corrected chi connectivity index (χ4v) is 5.30. The number of rotatable bonds is 2. The van der Waals surface area contributed by atoms with Crippen LogP contribution < -0.4 is 0 Å². The molecule has 6 aromatic rings. The van der Waals surface area contributed by atoms with Crippen molar-refractivity contribution in [3.05, 3.63) is 107 Å². The van der Waals surface area contributed by atoms with E-state index < -0.39 is 0 Å². The fourth-order valence-electron chi connectivity index (χ4n) is 4.93. The van der Waals surface area contributed by atoms with E-state index in [4.69, 9.17) is 4.74 Å². The van der Waals surface area contributed by atoms with E-state index in [9.17, 15) is 4.79 Å². The number of carbonyl (C=O) groups excluding carboxylic acids is 1. The van der Waals surface area contributed by atoms with Gasteiger partial charge in [-0.15, -0.1) is 0 Å². The standard InChI is InChI=1S/C30H19BrO2/c1-33-30(32)26-15-12-20(31)17-27(26)19-11-14-25-28(16-19)23-9-5-4-8-22(23)24-13-10-18-6-2-3-7-21(18)29(24)25/h2-17H,1H3. The Morgan fingerprint density at radius 2 is 1.33 bits per heavy atom. The van der Waals surface area contributed by atoms with E-state index in [1.807, 2.05) is 12.1 Å². The number of esters is 1. The Morgan fingerprint density at radius 1 is 0.667 bits per heavy atom. The number of hydrogen-bond donors (Lipinski definition) is 0. The summed E-state index contributed by atoms with van der Waals surface area (Å²) in [6.45, 7) is 0. The van der Waals surface area contributed by atoms with Crippen LogP contribution in [0.15, 0.2) is 102 Å². The van der Waals surface area contributed by atoms with Crippen molar-refractivity contribution >= 4 is 65.0 Å². The average Bonchev–Trinajstić information content (AvgIpc) is 2.87. The summed E-state index contributed by atoms with van der Waals surface area (Å²) >= 11 is 3.56. The van der Waals surface area contributed by atoms with Crippen molar-refractivity contribution in [2.75, 3.05) is 7.11 Å². The summed E-state index contributed by atoms with van der Waals surface area (Å²) in [5.41, 5.74) is 2.38. The molecule has 0 saturated heterocycles. The summed E-state index contributed by atoms with van der Waals surface area (Å²) in [6, 6.07) is 33.7. The number of ether oxygens (including phenoxy) is 1. The van der Waals surface area contributed by atoms with Crippen molar-refractivity contribution in [1.29, 1.82) is 0 Å². The highest BCUT2D eigenvalue weighted by Crippen LogP contribution is 2.40. The molecule has 6 aromatic carbocycles. The van der Waals surface area contributed by atoms with Gasteiger partial charge in [0.05, 0.1) is 12.7 Å². The van der Waals surface area contributed by atoms with Crippen molar-refractivity contribution in [2.24, 2.45) is 0 Å². The Labute approximate surface area is 199 Å². The Morgan fingerprint density at radius 3 is 2.12 bits per heavy atom. The lowest BCUT2D eigenvalue weighted by Crippen LogP contribution is -2.03. The highest BCUT2D eigenvalue weighted by atomic mass is 79.9. The SMILES string of the molecule is COC(=O)c1ccc(Br)cc1-c1ccc2c(c1)c1ccccc1c1ccc3ccccc3c12. The molecule has 0 bridgehead atoms. The van der Waals surface area contributed by atoms with E-state index in [-0.39, 0.29) is 5.97 Å². The molecule has 0 unspecified atom stereocenters. The van der Waals surface area contributed by atoms with Gasteiger partial charge in [0.1, 0.15) is 0 Å². The molecule has 2 nitrogen and oxygen atoms in total. The van der Waals surface area contributed by atoms with E-state index in [1.165, 1.54) is 50.2 Å². The molecule has 33 heavy (non-hydrogen) atoms. The van der Waals surface area contributed by atoms with Crippen LogP contribution in [0.4, 0.5) is 0 Å². The number of hydrogen-bond acceptors (Lipinski definition) is 2. The monoisotopic (exact) mass is 490 g/mol. The zero-order chi connectivity index (χ0) is 22.5. The number of fused-ring (bicyclic) bond motifs is 8. The topological polar surface area (TPSA) is 26.3 Å². The smallest absolute Gasteiger partial charge is 0.338 e. The normalized spacial score (nSPS) is 11.5. The average molecular weight is 491 g/mol. The first kappa shape index (κ1) is 20.0. The van der Waals surface area contributed by atoms with E-state index in [2.05, 4.69) is 94.8 Å². The van der Waals surface area contributed by atoms with Gasteiger partial charge < -0.3 is 4.74 Å². The second-order valence-corrected chi connectivity index (χ2v) is 9.11. The minimum atomic E-state index is -0.341. The molecule has 0 atom stereocenters. The van der Waals surface area contributed by atoms with Crippen molar-refractivity contribution in [2.45, 2.75) is 0 Å². The molecule has 0 fully saturated rings. The Hall–Kier alpha value is -3.69. The summed E-state index contributed by atoms with van der Waals surface area (Å²) in [5.74, 6) is -0.341. The maximum absolute atomic E-state index is 12.5. The highest BCUT2D eigenvalue weighted by molar-refractivity contribution is 9.10. The van der Waals surface area contributed by atoms with Gasteiger partial charge in [0.25, 0.3) is 0 Å². The van der Waals surface area contributed by atoms with Gasteiger partial charge in [-0.1, -0.05) is 88.7 Å². The zero-order valence-electron chi connectivity index (χ0n) is 17.9. The van der Waals surface area contributed by atoms with Crippen LogP contribution in [0.2, 0.25) is 0 Å². The molecule has 0 heterocycles. The summed E-state index contributed by atoms with van der Waals surface area (Å²) in [5, 5.41) is 9.79. The van der Waals surface area contributed by atoms with Crippen LogP contribution in [-0.4, -0.2) is 13.1 Å². The van der Waals surface area contributed by atoms with Crippen LogP contribution >= 0.6 is 15.9 Å². The molecule has 0 amide bonds. The predicted molar refractivity (Wildman–Crippen MR) is 141 cm³/mol. The van der Waals surface area contributed by atoms with Gasteiger partial charge >= 0.3 is 5.97 Å². The zero-order valence-corrected chi connectivity index (χ0v) is 19.5. The predicted octanol–water partition coefficient (Wildman–Crippen LogP) is 8.52. The molecule has 0 aliphatic heterocycles. The van der Waals surface area contributed by atoms with Gasteiger partial charge in [-0.05, 0) is 78.5 Å². The quantitative estimate of drug-likeness (QED) is 0.179. The van der Waals surface area contributed by atoms with Crippen molar-refractivity contribution < 1.29 is 9.53 Å². The summed E-state index contributed by atoms with van der Waals surface area (Å²) < 4.78 is 5.96. The third kappa shape index (κ3) is 3.12. The molecule has 6 rings (SSSR count). The van der Waals surface area contributed by atoms with Gasteiger partial charge in [0.2, 0.25) is 0 Å². The third-order valence-corrected chi connectivity index (χ3v) is 6.92. The van der Waals surface area contributed by atoms with Crippen LogP contribution in [0.1, 0.15) is 10.4 Å². The second kappa shape index (κ2) is 7.72. The molecule has 0 N–H and O–H groups in total. The van der Waals surface area contributed by atoms with Gasteiger partial charge in [0, 0.05) is 4.47 Å². The Bertz CT molecular complexity index is 1730. The van der Waals surface area contributed by atoms with E-state index in [1.54, 1.807) is 6.07 Å². The third-order valence-electron chi connectivity index (χ3n) is 6.42. The first-order valence-corrected chi connectivity index (χ1v) is 11.6. The largest absolute Gasteiger partial charge is 0.465 e. The second-order valence-electron chi connectivity index (χ2n) is 8.20. The summed E-state index contributed by atoms with van der Waals surface area (Å²) in [7, 11) is 1.42. The molecule has 3 heteroatoms.